The highest BCUT2D eigenvalue weighted by Gasteiger charge is 2.19. The summed E-state index contributed by atoms with van der Waals surface area (Å²) in [5, 5.41) is 3.39. The van der Waals surface area contributed by atoms with Crippen LogP contribution in [-0.2, 0) is 0 Å². The van der Waals surface area contributed by atoms with Gasteiger partial charge in [-0.15, -0.1) is 0 Å². The Morgan fingerprint density at radius 3 is 2.93 bits per heavy atom. The summed E-state index contributed by atoms with van der Waals surface area (Å²) in [6.45, 7) is 0.982. The number of primary amides is 1. The molecule has 1 aliphatic heterocycles. The number of thiazole rings is 1. The fourth-order valence-corrected chi connectivity index (χ4v) is 4.76. The molecule has 2 aromatic carbocycles. The van der Waals surface area contributed by atoms with Crippen LogP contribution in [0.4, 0.5) is 4.39 Å². The molecule has 0 bridgehead atoms. The van der Waals surface area contributed by atoms with Crippen LogP contribution in [0.5, 0.6) is 0 Å². The highest BCUT2D eigenvalue weighted by Crippen LogP contribution is 2.32. The maximum atomic E-state index is 14.8. The molecule has 1 atom stereocenters. The Morgan fingerprint density at radius 2 is 2.19 bits per heavy atom. The SMILES string of the molecule is NC(=O)c1ccc2c(c1)sc1nc(-c3ccc(C4CCCN4)cc3F)cn12. The van der Waals surface area contributed by atoms with E-state index in [1.807, 2.05) is 28.8 Å². The Bertz CT molecular complexity index is 1190. The molecule has 2 aromatic heterocycles. The highest BCUT2D eigenvalue weighted by molar-refractivity contribution is 7.23. The third-order valence-corrected chi connectivity index (χ3v) is 6.13. The van der Waals surface area contributed by atoms with Crippen molar-refractivity contribution in [2.45, 2.75) is 18.9 Å². The molecule has 0 saturated carbocycles. The minimum atomic E-state index is -0.456. The van der Waals surface area contributed by atoms with Crippen molar-refractivity contribution < 1.29 is 9.18 Å². The fraction of sp³-hybridized carbons (Fsp3) is 0.200. The van der Waals surface area contributed by atoms with Gasteiger partial charge in [-0.2, -0.15) is 0 Å². The highest BCUT2D eigenvalue weighted by atomic mass is 32.1. The molecule has 1 saturated heterocycles. The minimum absolute atomic E-state index is 0.238. The molecule has 5 rings (SSSR count). The predicted octanol–water partition coefficient (Wildman–Crippen LogP) is 3.88. The van der Waals surface area contributed by atoms with Crippen LogP contribution < -0.4 is 11.1 Å². The molecule has 1 unspecified atom stereocenters. The topological polar surface area (TPSA) is 72.4 Å². The number of carbonyl (C=O) groups is 1. The first-order valence-electron chi connectivity index (χ1n) is 8.85. The summed E-state index contributed by atoms with van der Waals surface area (Å²) in [5.74, 6) is -0.713. The van der Waals surface area contributed by atoms with Gasteiger partial charge in [-0.1, -0.05) is 17.4 Å². The quantitative estimate of drug-likeness (QED) is 0.567. The van der Waals surface area contributed by atoms with Crippen molar-refractivity contribution in [2.24, 2.45) is 5.73 Å². The fourth-order valence-electron chi connectivity index (χ4n) is 3.71. The van der Waals surface area contributed by atoms with Gasteiger partial charge in [-0.25, -0.2) is 9.37 Å². The molecule has 0 radical (unpaired) electrons. The molecule has 1 aliphatic rings. The van der Waals surface area contributed by atoms with Crippen molar-refractivity contribution in [2.75, 3.05) is 6.54 Å². The Labute approximate surface area is 158 Å². The van der Waals surface area contributed by atoms with Crippen LogP contribution in [0, 0.1) is 5.82 Å². The molecule has 1 amide bonds. The van der Waals surface area contributed by atoms with Crippen molar-refractivity contribution in [3.8, 4) is 11.3 Å². The summed E-state index contributed by atoms with van der Waals surface area (Å²) in [6, 6.07) is 10.9. The lowest BCUT2D eigenvalue weighted by Crippen LogP contribution is -2.12. The van der Waals surface area contributed by atoms with Crippen molar-refractivity contribution in [3.63, 3.8) is 0 Å². The van der Waals surface area contributed by atoms with E-state index in [4.69, 9.17) is 5.73 Å². The number of aromatic nitrogens is 2. The average molecular weight is 380 g/mol. The molecule has 4 aromatic rings. The predicted molar refractivity (Wildman–Crippen MR) is 104 cm³/mol. The molecule has 0 aliphatic carbocycles. The minimum Gasteiger partial charge on any atom is -0.366 e. The first kappa shape index (κ1) is 16.4. The Hall–Kier alpha value is -2.77. The van der Waals surface area contributed by atoms with E-state index >= 15 is 0 Å². The molecule has 0 spiro atoms. The number of carbonyl (C=O) groups excluding carboxylic acids is 1. The molecule has 3 heterocycles. The van der Waals surface area contributed by atoms with Gasteiger partial charge in [0.15, 0.2) is 4.96 Å². The molecule has 1 fully saturated rings. The summed E-state index contributed by atoms with van der Waals surface area (Å²) >= 11 is 1.45. The molecule has 7 heteroatoms. The van der Waals surface area contributed by atoms with Crippen molar-refractivity contribution >= 4 is 32.4 Å². The summed E-state index contributed by atoms with van der Waals surface area (Å²) in [6.07, 6.45) is 4.00. The van der Waals surface area contributed by atoms with Crippen LogP contribution in [0.3, 0.4) is 0 Å². The summed E-state index contributed by atoms with van der Waals surface area (Å²) in [7, 11) is 0. The molecular weight excluding hydrogens is 363 g/mol. The smallest absolute Gasteiger partial charge is 0.248 e. The zero-order chi connectivity index (χ0) is 18.5. The van der Waals surface area contributed by atoms with Crippen LogP contribution in [0.2, 0.25) is 0 Å². The van der Waals surface area contributed by atoms with E-state index in [1.54, 1.807) is 18.2 Å². The van der Waals surface area contributed by atoms with Crippen LogP contribution in [0.25, 0.3) is 26.4 Å². The number of halogens is 1. The number of benzene rings is 2. The molecule has 136 valence electrons. The van der Waals surface area contributed by atoms with Crippen LogP contribution in [0.15, 0.2) is 42.6 Å². The van der Waals surface area contributed by atoms with Gasteiger partial charge in [0.1, 0.15) is 5.82 Å². The number of nitrogens with one attached hydrogen (secondary N) is 1. The number of fused-ring (bicyclic) bond motifs is 3. The van der Waals surface area contributed by atoms with E-state index in [0.29, 0.717) is 16.8 Å². The zero-order valence-corrected chi connectivity index (χ0v) is 15.2. The van der Waals surface area contributed by atoms with Crippen LogP contribution in [-0.4, -0.2) is 21.8 Å². The van der Waals surface area contributed by atoms with E-state index in [0.717, 1.165) is 40.1 Å². The van der Waals surface area contributed by atoms with Gasteiger partial charge in [-0.3, -0.25) is 9.20 Å². The molecule has 3 N–H and O–H groups in total. The van der Waals surface area contributed by atoms with Gasteiger partial charge in [0.2, 0.25) is 5.91 Å². The second-order valence-corrected chi connectivity index (χ2v) is 7.82. The van der Waals surface area contributed by atoms with Crippen molar-refractivity contribution in [1.82, 2.24) is 14.7 Å². The Kier molecular flexibility index (Phi) is 3.73. The first-order valence-corrected chi connectivity index (χ1v) is 9.66. The lowest BCUT2D eigenvalue weighted by molar-refractivity contribution is 0.100. The number of imidazole rings is 1. The number of amides is 1. The number of rotatable bonds is 3. The van der Waals surface area contributed by atoms with Gasteiger partial charge >= 0.3 is 0 Å². The van der Waals surface area contributed by atoms with Crippen molar-refractivity contribution in [1.29, 1.82) is 0 Å². The summed E-state index contributed by atoms with van der Waals surface area (Å²) in [5.41, 5.74) is 8.82. The first-order chi connectivity index (χ1) is 13.1. The van der Waals surface area contributed by atoms with Gasteiger partial charge in [-0.05, 0) is 55.3 Å². The molecule has 5 nitrogen and oxygen atoms in total. The second-order valence-electron chi connectivity index (χ2n) is 6.82. The largest absolute Gasteiger partial charge is 0.366 e. The van der Waals surface area contributed by atoms with Gasteiger partial charge in [0.05, 0.1) is 15.9 Å². The lowest BCUT2D eigenvalue weighted by Gasteiger charge is -2.11. The third-order valence-electron chi connectivity index (χ3n) is 5.11. The Balaban J connectivity index is 1.56. The van der Waals surface area contributed by atoms with Crippen LogP contribution in [0.1, 0.15) is 34.8 Å². The molecular formula is C20H17FN4OS. The maximum absolute atomic E-state index is 14.8. The Morgan fingerprint density at radius 1 is 1.30 bits per heavy atom. The van der Waals surface area contributed by atoms with E-state index in [2.05, 4.69) is 10.3 Å². The number of nitrogens with zero attached hydrogens (tertiary/aromatic N) is 2. The van der Waals surface area contributed by atoms with Crippen molar-refractivity contribution in [3.05, 3.63) is 59.5 Å². The van der Waals surface area contributed by atoms with E-state index in [9.17, 15) is 9.18 Å². The second kappa shape index (κ2) is 6.14. The van der Waals surface area contributed by atoms with E-state index < -0.39 is 5.91 Å². The average Bonchev–Trinajstić information content (AvgIpc) is 3.37. The van der Waals surface area contributed by atoms with Gasteiger partial charge < -0.3 is 11.1 Å². The number of nitrogens with two attached hydrogens (primary N) is 1. The zero-order valence-electron chi connectivity index (χ0n) is 14.4. The van der Waals surface area contributed by atoms with E-state index in [-0.39, 0.29) is 11.9 Å². The lowest BCUT2D eigenvalue weighted by atomic mass is 10.0. The van der Waals surface area contributed by atoms with E-state index in [1.165, 1.54) is 11.3 Å². The molecule has 27 heavy (non-hydrogen) atoms. The number of hydrogen-bond acceptors (Lipinski definition) is 4. The summed E-state index contributed by atoms with van der Waals surface area (Å²) < 4.78 is 17.6. The summed E-state index contributed by atoms with van der Waals surface area (Å²) in [4.78, 5) is 16.7. The monoisotopic (exact) mass is 380 g/mol. The maximum Gasteiger partial charge on any atom is 0.248 e. The standard InChI is InChI=1S/C20H17FN4OS/c21-14-8-11(15-2-1-7-23-15)3-5-13(14)16-10-25-17-6-4-12(19(22)26)9-18(17)27-20(25)24-16/h3-6,8-10,15,23H,1-2,7H2,(H2,22,26). The van der Waals surface area contributed by atoms with Gasteiger partial charge in [0.25, 0.3) is 0 Å². The normalized spacial score (nSPS) is 17.1. The third kappa shape index (κ3) is 2.70. The van der Waals surface area contributed by atoms with Gasteiger partial charge in [0, 0.05) is 23.4 Å². The number of hydrogen-bond donors (Lipinski definition) is 2. The van der Waals surface area contributed by atoms with Crippen LogP contribution >= 0.6 is 11.3 Å².